The van der Waals surface area contributed by atoms with Crippen molar-refractivity contribution in [1.82, 2.24) is 14.2 Å². The van der Waals surface area contributed by atoms with Crippen molar-refractivity contribution in [2.45, 2.75) is 43.5 Å². The van der Waals surface area contributed by atoms with Crippen LogP contribution in [0.1, 0.15) is 31.2 Å². The molecule has 0 aliphatic carbocycles. The van der Waals surface area contributed by atoms with Crippen molar-refractivity contribution < 1.29 is 8.42 Å². The third kappa shape index (κ3) is 3.07. The first-order valence-electron chi connectivity index (χ1n) is 9.16. The van der Waals surface area contributed by atoms with Gasteiger partial charge in [0.25, 0.3) is 0 Å². The van der Waals surface area contributed by atoms with Crippen molar-refractivity contribution in [1.29, 1.82) is 0 Å². The molecule has 2 saturated heterocycles. The van der Waals surface area contributed by atoms with E-state index < -0.39 is 10.0 Å². The molecule has 2 aliphatic rings. The number of hydrogen-bond donors (Lipinski definition) is 0. The van der Waals surface area contributed by atoms with Gasteiger partial charge in [0, 0.05) is 30.7 Å². The Balaban J connectivity index is 1.60. The summed E-state index contributed by atoms with van der Waals surface area (Å²) in [7, 11) is -3.48. The number of nitrogens with zero attached hydrogens (tertiary/aromatic N) is 3. The van der Waals surface area contributed by atoms with Gasteiger partial charge in [-0.05, 0) is 69.5 Å². The molecule has 25 heavy (non-hydrogen) atoms. The molecule has 0 atom stereocenters. The van der Waals surface area contributed by atoms with Gasteiger partial charge in [-0.15, -0.1) is 0 Å². The molecule has 0 spiro atoms. The van der Waals surface area contributed by atoms with E-state index in [0.717, 1.165) is 29.3 Å². The molecule has 1 aromatic carbocycles. The van der Waals surface area contributed by atoms with E-state index in [9.17, 15) is 8.42 Å². The van der Waals surface area contributed by atoms with Crippen molar-refractivity contribution >= 4 is 20.9 Å². The highest BCUT2D eigenvalue weighted by Crippen LogP contribution is 2.29. The van der Waals surface area contributed by atoms with Crippen LogP contribution in [0.5, 0.6) is 0 Å². The zero-order valence-electron chi connectivity index (χ0n) is 14.7. The summed E-state index contributed by atoms with van der Waals surface area (Å²) in [5, 5.41) is 0.726. The van der Waals surface area contributed by atoms with Crippen molar-refractivity contribution in [2.24, 2.45) is 0 Å². The van der Waals surface area contributed by atoms with Crippen molar-refractivity contribution in [3.63, 3.8) is 0 Å². The van der Waals surface area contributed by atoms with Crippen LogP contribution in [0.15, 0.2) is 35.4 Å². The van der Waals surface area contributed by atoms with Gasteiger partial charge in [-0.25, -0.2) is 8.42 Å². The molecule has 5 nitrogen and oxygen atoms in total. The largest absolute Gasteiger partial charge is 0.300 e. The van der Waals surface area contributed by atoms with Gasteiger partial charge in [-0.3, -0.25) is 4.98 Å². The second-order valence-corrected chi connectivity index (χ2v) is 9.06. The molecule has 0 radical (unpaired) electrons. The Morgan fingerprint density at radius 2 is 1.76 bits per heavy atom. The summed E-state index contributed by atoms with van der Waals surface area (Å²) in [6, 6.07) is 7.81. The molecule has 3 heterocycles. The molecular weight excluding hydrogens is 334 g/mol. The minimum Gasteiger partial charge on any atom is -0.300 e. The predicted octanol–water partition coefficient (Wildman–Crippen LogP) is 2.79. The lowest BCUT2D eigenvalue weighted by atomic mass is 10.1. The fourth-order valence-corrected chi connectivity index (χ4v) is 5.86. The minimum atomic E-state index is -3.48. The topological polar surface area (TPSA) is 53.5 Å². The number of aromatic nitrogens is 1. The highest BCUT2D eigenvalue weighted by Gasteiger charge is 2.33. The van der Waals surface area contributed by atoms with Gasteiger partial charge in [0.2, 0.25) is 10.0 Å². The Kier molecular flexibility index (Phi) is 4.52. The first-order chi connectivity index (χ1) is 12.1. The van der Waals surface area contributed by atoms with Gasteiger partial charge in [0.15, 0.2) is 0 Å². The Hall–Kier alpha value is -1.50. The number of likely N-dealkylation sites (tertiary alicyclic amines) is 1. The normalized spacial score (nSPS) is 21.2. The van der Waals surface area contributed by atoms with E-state index in [-0.39, 0.29) is 0 Å². The smallest absolute Gasteiger partial charge is 0.243 e. The molecule has 4 rings (SSSR count). The Labute approximate surface area is 149 Å². The van der Waals surface area contributed by atoms with Crippen LogP contribution < -0.4 is 0 Å². The monoisotopic (exact) mass is 359 g/mol. The summed E-state index contributed by atoms with van der Waals surface area (Å²) in [5.41, 5.74) is 1.78. The molecule has 2 aliphatic heterocycles. The number of sulfonamides is 1. The van der Waals surface area contributed by atoms with Gasteiger partial charge in [-0.1, -0.05) is 6.07 Å². The maximum absolute atomic E-state index is 13.2. The Morgan fingerprint density at radius 1 is 1.04 bits per heavy atom. The predicted molar refractivity (Wildman–Crippen MR) is 99.1 cm³/mol. The maximum atomic E-state index is 13.2. The van der Waals surface area contributed by atoms with E-state index in [2.05, 4.69) is 9.88 Å². The van der Waals surface area contributed by atoms with Crippen LogP contribution in [0, 0.1) is 6.92 Å². The second-order valence-electron chi connectivity index (χ2n) is 7.16. The van der Waals surface area contributed by atoms with Gasteiger partial charge in [0.1, 0.15) is 0 Å². The minimum absolute atomic E-state index is 0.390. The lowest BCUT2D eigenvalue weighted by Gasteiger charge is -2.36. The molecule has 134 valence electrons. The molecule has 2 fully saturated rings. The number of hydrogen-bond acceptors (Lipinski definition) is 4. The molecule has 6 heteroatoms. The van der Waals surface area contributed by atoms with Gasteiger partial charge < -0.3 is 4.90 Å². The molecule has 2 aromatic rings. The fraction of sp³-hybridized carbons (Fsp3) is 0.526. The lowest BCUT2D eigenvalue weighted by molar-refractivity contribution is 0.168. The van der Waals surface area contributed by atoms with E-state index in [1.807, 2.05) is 19.1 Å². The van der Waals surface area contributed by atoms with E-state index in [4.69, 9.17) is 0 Å². The molecule has 0 amide bonds. The van der Waals surface area contributed by atoms with Gasteiger partial charge in [-0.2, -0.15) is 4.31 Å². The van der Waals surface area contributed by atoms with Crippen LogP contribution in [0.4, 0.5) is 0 Å². The summed E-state index contributed by atoms with van der Waals surface area (Å²) < 4.78 is 28.1. The number of pyridine rings is 1. The van der Waals surface area contributed by atoms with Gasteiger partial charge in [0.05, 0.1) is 10.4 Å². The summed E-state index contributed by atoms with van der Waals surface area (Å²) >= 11 is 0. The highest BCUT2D eigenvalue weighted by atomic mass is 32.2. The van der Waals surface area contributed by atoms with E-state index in [1.54, 1.807) is 22.6 Å². The number of rotatable bonds is 3. The molecule has 0 saturated carbocycles. The average molecular weight is 359 g/mol. The van der Waals surface area contributed by atoms with Crippen LogP contribution in [-0.4, -0.2) is 54.8 Å². The second kappa shape index (κ2) is 6.67. The summed E-state index contributed by atoms with van der Waals surface area (Å²) in [6.07, 6.45) is 6.14. The summed E-state index contributed by atoms with van der Waals surface area (Å²) in [6.45, 7) is 5.53. The third-order valence-electron chi connectivity index (χ3n) is 5.63. The van der Waals surface area contributed by atoms with E-state index in [0.29, 0.717) is 24.0 Å². The quantitative estimate of drug-likeness (QED) is 0.846. The molecular formula is C19H25N3O2S. The van der Waals surface area contributed by atoms with E-state index in [1.165, 1.54) is 25.9 Å². The summed E-state index contributed by atoms with van der Waals surface area (Å²) in [5.74, 6) is 0. The molecule has 1 aromatic heterocycles. The fourth-order valence-electron chi connectivity index (χ4n) is 4.21. The van der Waals surface area contributed by atoms with Crippen LogP contribution in [0.3, 0.4) is 0 Å². The van der Waals surface area contributed by atoms with Crippen LogP contribution in [-0.2, 0) is 10.0 Å². The van der Waals surface area contributed by atoms with Crippen LogP contribution in [0.2, 0.25) is 0 Å². The maximum Gasteiger partial charge on any atom is 0.243 e. The number of fused-ring (bicyclic) bond motifs is 1. The lowest BCUT2D eigenvalue weighted by Crippen LogP contribution is -2.45. The standard InChI is InChI=1S/C19H25N3O2S/c1-15-6-7-18(17-5-4-10-20-19(15)17)25(23,24)22-13-8-16(9-14-22)21-11-2-3-12-21/h4-7,10,16H,2-3,8-9,11-14H2,1H3. The van der Waals surface area contributed by atoms with Crippen LogP contribution >= 0.6 is 0 Å². The zero-order valence-corrected chi connectivity index (χ0v) is 15.5. The Morgan fingerprint density at radius 3 is 2.48 bits per heavy atom. The highest BCUT2D eigenvalue weighted by molar-refractivity contribution is 7.89. The van der Waals surface area contributed by atoms with Crippen molar-refractivity contribution in [3.05, 3.63) is 36.0 Å². The number of aryl methyl sites for hydroxylation is 1. The Bertz CT molecular complexity index is 867. The summed E-state index contributed by atoms with van der Waals surface area (Å²) in [4.78, 5) is 7.30. The zero-order chi connectivity index (χ0) is 17.4. The first-order valence-corrected chi connectivity index (χ1v) is 10.6. The first kappa shape index (κ1) is 16.9. The van der Waals surface area contributed by atoms with Crippen LogP contribution in [0.25, 0.3) is 10.9 Å². The van der Waals surface area contributed by atoms with Crippen molar-refractivity contribution in [3.8, 4) is 0 Å². The number of benzene rings is 1. The van der Waals surface area contributed by atoms with Crippen molar-refractivity contribution in [2.75, 3.05) is 26.2 Å². The number of piperidine rings is 1. The molecule has 0 bridgehead atoms. The third-order valence-corrected chi connectivity index (χ3v) is 7.59. The van der Waals surface area contributed by atoms with E-state index >= 15 is 0 Å². The molecule has 0 N–H and O–H groups in total. The SMILES string of the molecule is Cc1ccc(S(=O)(=O)N2CCC(N3CCCC3)CC2)c2cccnc12. The average Bonchev–Trinajstić information content (AvgIpc) is 3.17. The molecule has 0 unspecified atom stereocenters. The van der Waals surface area contributed by atoms with Gasteiger partial charge >= 0.3 is 0 Å².